The van der Waals surface area contributed by atoms with Crippen LogP contribution in [0.5, 0.6) is 0 Å². The fraction of sp³-hybridized carbons (Fsp3) is 0.795. The van der Waals surface area contributed by atoms with Crippen LogP contribution in [0, 0.1) is 17.8 Å². The molecule has 294 valence electrons. The van der Waals surface area contributed by atoms with Gasteiger partial charge in [0.15, 0.2) is 11.9 Å². The molecule has 0 aromatic rings. The van der Waals surface area contributed by atoms with Crippen LogP contribution in [0.25, 0.3) is 0 Å². The Labute approximate surface area is 312 Å². The van der Waals surface area contributed by atoms with Crippen molar-refractivity contribution in [1.29, 1.82) is 0 Å². The first kappa shape index (κ1) is 46.8. The number of aliphatic hydroxyl groups excluding tert-OH is 2. The third-order valence-corrected chi connectivity index (χ3v) is 10.2. The summed E-state index contributed by atoms with van der Waals surface area (Å²) in [5.41, 5.74) is 0. The zero-order valence-corrected chi connectivity index (χ0v) is 32.9. The molecule has 51 heavy (non-hydrogen) atoms. The first-order valence-corrected chi connectivity index (χ1v) is 21.0. The van der Waals surface area contributed by atoms with Gasteiger partial charge in [-0.25, -0.2) is 0 Å². The fourth-order valence-electron chi connectivity index (χ4n) is 6.52. The Morgan fingerprint density at radius 1 is 0.784 bits per heavy atom. The quantitative estimate of drug-likeness (QED) is 0.0387. The van der Waals surface area contributed by atoms with Crippen LogP contribution in [-0.2, 0) is 23.9 Å². The van der Waals surface area contributed by atoms with Gasteiger partial charge in [-0.3, -0.25) is 14.4 Å². The zero-order valence-electron chi connectivity index (χ0n) is 32.9. The summed E-state index contributed by atoms with van der Waals surface area (Å²) in [4.78, 5) is 36.7. The molecule has 0 fully saturated rings. The number of hydrogen-bond donors (Lipinski definition) is 2. The van der Waals surface area contributed by atoms with Crippen LogP contribution >= 0.6 is 0 Å². The molecule has 0 saturated heterocycles. The van der Waals surface area contributed by atoms with Crippen LogP contribution in [0.3, 0.4) is 0 Å². The predicted molar refractivity (Wildman–Crippen MR) is 209 cm³/mol. The number of carbonyl (C=O) groups excluding carboxylic acids is 3. The van der Waals surface area contributed by atoms with Crippen LogP contribution in [-0.4, -0.2) is 53.4 Å². The van der Waals surface area contributed by atoms with Gasteiger partial charge < -0.3 is 19.7 Å². The Morgan fingerprint density at radius 3 is 1.98 bits per heavy atom. The molecule has 0 aromatic carbocycles. The summed E-state index contributed by atoms with van der Waals surface area (Å²) >= 11 is 0. The highest BCUT2D eigenvalue weighted by atomic mass is 16.6. The molecule has 0 radical (unpaired) electrons. The van der Waals surface area contributed by atoms with E-state index in [1.165, 1.54) is 83.5 Å². The van der Waals surface area contributed by atoms with E-state index in [1.54, 1.807) is 12.2 Å². The van der Waals surface area contributed by atoms with E-state index in [9.17, 15) is 24.6 Å². The van der Waals surface area contributed by atoms with Crippen molar-refractivity contribution < 1.29 is 34.1 Å². The SMILES string of the molecule is CCCCC[C@H](O)/C=C/[C@H]1C(=O)C=C[C@@H]1C/C=C\CCCC(=O)OC[C@H](CO)OC(=O)CCCCCCCCCCCCCCCCC(C)CC. The van der Waals surface area contributed by atoms with E-state index in [4.69, 9.17) is 9.47 Å². The van der Waals surface area contributed by atoms with Crippen molar-refractivity contribution in [3.8, 4) is 0 Å². The van der Waals surface area contributed by atoms with Gasteiger partial charge in [-0.2, -0.15) is 0 Å². The second-order valence-corrected chi connectivity index (χ2v) is 15.0. The van der Waals surface area contributed by atoms with Gasteiger partial charge in [0.05, 0.1) is 12.7 Å². The van der Waals surface area contributed by atoms with Crippen LogP contribution in [0.2, 0.25) is 0 Å². The summed E-state index contributed by atoms with van der Waals surface area (Å²) in [5, 5.41) is 19.8. The van der Waals surface area contributed by atoms with E-state index in [1.807, 2.05) is 24.3 Å². The number of allylic oxidation sites excluding steroid dienone is 5. The maximum atomic E-state index is 12.3. The largest absolute Gasteiger partial charge is 0.462 e. The average Bonchev–Trinajstić information content (AvgIpc) is 3.48. The third-order valence-electron chi connectivity index (χ3n) is 10.2. The number of esters is 2. The van der Waals surface area contributed by atoms with Crippen LogP contribution in [0.15, 0.2) is 36.5 Å². The molecule has 0 spiro atoms. The van der Waals surface area contributed by atoms with Gasteiger partial charge in [-0.15, -0.1) is 0 Å². The van der Waals surface area contributed by atoms with Crippen molar-refractivity contribution in [2.45, 2.75) is 193 Å². The molecule has 7 heteroatoms. The normalized spacial score (nSPS) is 17.8. The molecule has 0 aliphatic heterocycles. The topological polar surface area (TPSA) is 110 Å². The summed E-state index contributed by atoms with van der Waals surface area (Å²) in [7, 11) is 0. The third kappa shape index (κ3) is 26.2. The molecular weight excluding hydrogens is 640 g/mol. The Balaban J connectivity index is 2.03. The van der Waals surface area contributed by atoms with Crippen LogP contribution in [0.4, 0.5) is 0 Å². The molecule has 1 aliphatic rings. The number of rotatable bonds is 34. The number of ketones is 1. The maximum Gasteiger partial charge on any atom is 0.306 e. The number of ether oxygens (including phenoxy) is 2. The average molecular weight is 717 g/mol. The van der Waals surface area contributed by atoms with Gasteiger partial charge in [0.1, 0.15) is 6.61 Å². The molecule has 5 atom stereocenters. The molecule has 0 saturated carbocycles. The molecule has 1 unspecified atom stereocenters. The van der Waals surface area contributed by atoms with Crippen molar-refractivity contribution >= 4 is 17.7 Å². The van der Waals surface area contributed by atoms with Crippen LogP contribution in [0.1, 0.15) is 181 Å². The van der Waals surface area contributed by atoms with Gasteiger partial charge in [-0.05, 0) is 50.0 Å². The summed E-state index contributed by atoms with van der Waals surface area (Å²) < 4.78 is 10.6. The van der Waals surface area contributed by atoms with Crippen molar-refractivity contribution in [1.82, 2.24) is 0 Å². The van der Waals surface area contributed by atoms with Crippen molar-refractivity contribution in [3.05, 3.63) is 36.5 Å². The van der Waals surface area contributed by atoms with Gasteiger partial charge in [0.25, 0.3) is 0 Å². The lowest BCUT2D eigenvalue weighted by molar-refractivity contribution is -0.161. The predicted octanol–water partition coefficient (Wildman–Crippen LogP) is 10.7. The van der Waals surface area contributed by atoms with E-state index in [0.717, 1.165) is 57.3 Å². The highest BCUT2D eigenvalue weighted by Crippen LogP contribution is 2.27. The molecular formula is C44H76O7. The van der Waals surface area contributed by atoms with Crippen molar-refractivity contribution in [3.63, 3.8) is 0 Å². The molecule has 7 nitrogen and oxygen atoms in total. The zero-order chi connectivity index (χ0) is 37.4. The molecule has 0 aromatic heterocycles. The van der Waals surface area contributed by atoms with E-state index < -0.39 is 12.2 Å². The van der Waals surface area contributed by atoms with E-state index >= 15 is 0 Å². The molecule has 1 rings (SSSR count). The smallest absolute Gasteiger partial charge is 0.306 e. The minimum Gasteiger partial charge on any atom is -0.462 e. The first-order chi connectivity index (χ1) is 24.8. The molecule has 0 bridgehead atoms. The molecule has 2 N–H and O–H groups in total. The first-order valence-electron chi connectivity index (χ1n) is 21.0. The van der Waals surface area contributed by atoms with E-state index in [0.29, 0.717) is 19.3 Å². The lowest BCUT2D eigenvalue weighted by Crippen LogP contribution is -2.28. The molecule has 0 heterocycles. The van der Waals surface area contributed by atoms with E-state index in [2.05, 4.69) is 20.8 Å². The van der Waals surface area contributed by atoms with Gasteiger partial charge >= 0.3 is 11.9 Å². The van der Waals surface area contributed by atoms with Crippen LogP contribution < -0.4 is 0 Å². The Kier molecular flexibility index (Phi) is 29.7. The highest BCUT2D eigenvalue weighted by Gasteiger charge is 2.27. The Morgan fingerprint density at radius 2 is 1.37 bits per heavy atom. The second kappa shape index (κ2) is 32.4. The summed E-state index contributed by atoms with van der Waals surface area (Å²) in [5.74, 6) is 0.0699. The van der Waals surface area contributed by atoms with Gasteiger partial charge in [-0.1, -0.05) is 167 Å². The maximum absolute atomic E-state index is 12.3. The number of hydrogen-bond acceptors (Lipinski definition) is 7. The highest BCUT2D eigenvalue weighted by molar-refractivity contribution is 5.95. The standard InChI is InChI=1S/C44H76O7/c1-4-6-21-28-39(46)32-33-41-38(31-34-42(41)47)27-23-19-20-24-29-43(48)50-36-40(35-45)51-44(49)30-25-18-16-14-12-10-8-7-9-11-13-15-17-22-26-37(3)5-2/h19,23,31-34,37-41,45-46H,4-18,20-22,24-30,35-36H2,1-3H3/b23-19-,33-32+/t37?,38-,39-,40-,41+/m0/s1. The van der Waals surface area contributed by atoms with Gasteiger partial charge in [0.2, 0.25) is 0 Å². The minimum absolute atomic E-state index is 0.0743. The Bertz CT molecular complexity index is 971. The van der Waals surface area contributed by atoms with Crippen molar-refractivity contribution in [2.24, 2.45) is 17.8 Å². The summed E-state index contributed by atoms with van der Waals surface area (Å²) in [6.07, 6.45) is 36.8. The summed E-state index contributed by atoms with van der Waals surface area (Å²) in [6, 6.07) is 0. The number of unbranched alkanes of at least 4 members (excludes halogenated alkanes) is 16. The monoisotopic (exact) mass is 717 g/mol. The van der Waals surface area contributed by atoms with E-state index in [-0.39, 0.29) is 49.2 Å². The van der Waals surface area contributed by atoms with Crippen molar-refractivity contribution in [2.75, 3.05) is 13.2 Å². The fourth-order valence-corrected chi connectivity index (χ4v) is 6.52. The number of carbonyl (C=O) groups is 3. The number of aliphatic hydroxyl groups is 2. The molecule has 1 aliphatic carbocycles. The summed E-state index contributed by atoms with van der Waals surface area (Å²) in [6.45, 7) is 6.26. The lowest BCUT2D eigenvalue weighted by Gasteiger charge is -2.15. The van der Waals surface area contributed by atoms with Gasteiger partial charge in [0, 0.05) is 18.8 Å². The second-order valence-electron chi connectivity index (χ2n) is 15.0. The minimum atomic E-state index is -0.836. The molecule has 0 amide bonds. The Hall–Kier alpha value is -2.25. The lowest BCUT2D eigenvalue weighted by atomic mass is 9.90.